The molecule has 0 unspecified atom stereocenters. The van der Waals surface area contributed by atoms with Crippen LogP contribution < -0.4 is 14.8 Å². The molecule has 1 N–H and O–H groups in total. The standard InChI is InChI=1S/C13H19NO4S2/c1-20(15,16)9-5-14-4-8-19-11-2-3-12-13(10-11)18-7-6-17-12/h2-3,10,14H,4-9H2,1H3. The lowest BCUT2D eigenvalue weighted by atomic mass is 10.3. The Labute approximate surface area is 124 Å². The number of benzene rings is 1. The average molecular weight is 317 g/mol. The second-order valence-corrected chi connectivity index (χ2v) is 7.96. The van der Waals surface area contributed by atoms with E-state index in [-0.39, 0.29) is 5.75 Å². The molecule has 2 rings (SSSR count). The van der Waals surface area contributed by atoms with E-state index in [1.165, 1.54) is 6.26 Å². The van der Waals surface area contributed by atoms with Crippen LogP contribution in [0.15, 0.2) is 23.1 Å². The molecule has 20 heavy (non-hydrogen) atoms. The molecule has 1 aliphatic rings. The number of hydrogen-bond donors (Lipinski definition) is 1. The van der Waals surface area contributed by atoms with Gasteiger partial charge in [-0.25, -0.2) is 8.42 Å². The highest BCUT2D eigenvalue weighted by atomic mass is 32.2. The van der Waals surface area contributed by atoms with Crippen molar-refractivity contribution in [3.8, 4) is 11.5 Å². The molecule has 1 aliphatic heterocycles. The van der Waals surface area contributed by atoms with Gasteiger partial charge in [-0.1, -0.05) is 0 Å². The lowest BCUT2D eigenvalue weighted by Gasteiger charge is -2.18. The summed E-state index contributed by atoms with van der Waals surface area (Å²) < 4.78 is 32.9. The normalized spacial score (nSPS) is 14.2. The molecule has 0 amide bonds. The average Bonchev–Trinajstić information content (AvgIpc) is 2.41. The summed E-state index contributed by atoms with van der Waals surface area (Å²) in [6.45, 7) is 2.47. The molecule has 1 heterocycles. The number of nitrogens with one attached hydrogen (secondary N) is 1. The molecule has 0 fully saturated rings. The molecule has 0 bridgehead atoms. The Morgan fingerprint density at radius 3 is 2.70 bits per heavy atom. The van der Waals surface area contributed by atoms with E-state index in [1.807, 2.05) is 18.2 Å². The van der Waals surface area contributed by atoms with Gasteiger partial charge in [-0.05, 0) is 18.2 Å². The van der Waals surface area contributed by atoms with Gasteiger partial charge in [0.05, 0.1) is 5.75 Å². The lowest BCUT2D eigenvalue weighted by molar-refractivity contribution is 0.171. The Kier molecular flexibility index (Phi) is 5.56. The fourth-order valence-corrected chi connectivity index (χ4v) is 3.09. The Bertz CT molecular complexity index is 545. The minimum atomic E-state index is -2.87. The van der Waals surface area contributed by atoms with Gasteiger partial charge in [0, 0.05) is 30.0 Å². The highest BCUT2D eigenvalue weighted by molar-refractivity contribution is 7.99. The molecule has 0 saturated carbocycles. The van der Waals surface area contributed by atoms with E-state index in [2.05, 4.69) is 5.32 Å². The largest absolute Gasteiger partial charge is 0.486 e. The second-order valence-electron chi connectivity index (χ2n) is 4.53. The summed E-state index contributed by atoms with van der Waals surface area (Å²) in [5.74, 6) is 2.66. The van der Waals surface area contributed by atoms with Gasteiger partial charge in [-0.15, -0.1) is 11.8 Å². The first-order chi connectivity index (χ1) is 9.54. The molecule has 0 atom stereocenters. The third-order valence-electron chi connectivity index (χ3n) is 2.71. The van der Waals surface area contributed by atoms with Gasteiger partial charge >= 0.3 is 0 Å². The Balaban J connectivity index is 1.69. The van der Waals surface area contributed by atoms with Gasteiger partial charge < -0.3 is 14.8 Å². The summed E-state index contributed by atoms with van der Waals surface area (Å²) in [5, 5.41) is 3.12. The van der Waals surface area contributed by atoms with Crippen molar-refractivity contribution in [2.75, 3.05) is 44.1 Å². The van der Waals surface area contributed by atoms with Gasteiger partial charge in [-0.3, -0.25) is 0 Å². The summed E-state index contributed by atoms with van der Waals surface area (Å²) in [7, 11) is -2.87. The number of sulfone groups is 1. The van der Waals surface area contributed by atoms with Crippen LogP contribution in [0.5, 0.6) is 11.5 Å². The fraction of sp³-hybridized carbons (Fsp3) is 0.538. The van der Waals surface area contributed by atoms with Crippen LogP contribution in [-0.4, -0.2) is 52.5 Å². The number of ether oxygens (including phenoxy) is 2. The molecular formula is C13H19NO4S2. The fourth-order valence-electron chi connectivity index (χ4n) is 1.74. The molecule has 112 valence electrons. The third-order valence-corrected chi connectivity index (χ3v) is 4.65. The first-order valence-corrected chi connectivity index (χ1v) is 9.50. The van der Waals surface area contributed by atoms with Crippen LogP contribution >= 0.6 is 11.8 Å². The minimum absolute atomic E-state index is 0.182. The maximum Gasteiger partial charge on any atom is 0.162 e. The summed E-state index contributed by atoms with van der Waals surface area (Å²) in [4.78, 5) is 1.12. The highest BCUT2D eigenvalue weighted by Crippen LogP contribution is 2.33. The molecular weight excluding hydrogens is 298 g/mol. The molecule has 7 heteroatoms. The predicted molar refractivity (Wildman–Crippen MR) is 80.7 cm³/mol. The van der Waals surface area contributed by atoms with E-state index in [9.17, 15) is 8.42 Å². The second kappa shape index (κ2) is 7.19. The zero-order valence-electron chi connectivity index (χ0n) is 11.4. The smallest absolute Gasteiger partial charge is 0.162 e. The molecule has 0 spiro atoms. The summed E-state index contributed by atoms with van der Waals surface area (Å²) >= 11 is 1.70. The van der Waals surface area contributed by atoms with Crippen molar-refractivity contribution in [3.63, 3.8) is 0 Å². The minimum Gasteiger partial charge on any atom is -0.486 e. The van der Waals surface area contributed by atoms with E-state index >= 15 is 0 Å². The molecule has 0 saturated heterocycles. The Morgan fingerprint density at radius 2 is 1.95 bits per heavy atom. The monoisotopic (exact) mass is 317 g/mol. The van der Waals surface area contributed by atoms with Crippen molar-refractivity contribution in [3.05, 3.63) is 18.2 Å². The van der Waals surface area contributed by atoms with E-state index < -0.39 is 9.84 Å². The van der Waals surface area contributed by atoms with Crippen LogP contribution in [0.3, 0.4) is 0 Å². The summed E-state index contributed by atoms with van der Waals surface area (Å²) in [6, 6.07) is 5.91. The molecule has 1 aromatic rings. The van der Waals surface area contributed by atoms with E-state index in [1.54, 1.807) is 11.8 Å². The zero-order chi connectivity index (χ0) is 14.4. The Hall–Kier alpha value is -0.920. The van der Waals surface area contributed by atoms with Crippen molar-refractivity contribution in [1.29, 1.82) is 0 Å². The van der Waals surface area contributed by atoms with Crippen LogP contribution in [0.4, 0.5) is 0 Å². The number of hydrogen-bond acceptors (Lipinski definition) is 6. The van der Waals surface area contributed by atoms with Gasteiger partial charge in [0.25, 0.3) is 0 Å². The number of rotatable bonds is 7. The van der Waals surface area contributed by atoms with Crippen LogP contribution in [0, 0.1) is 0 Å². The molecule has 1 aromatic carbocycles. The zero-order valence-corrected chi connectivity index (χ0v) is 13.1. The summed E-state index contributed by atoms with van der Waals surface area (Å²) in [5.41, 5.74) is 0. The topological polar surface area (TPSA) is 64.6 Å². The molecule has 5 nitrogen and oxygen atoms in total. The molecule has 0 radical (unpaired) electrons. The third kappa shape index (κ3) is 5.22. The van der Waals surface area contributed by atoms with E-state index in [0.717, 1.165) is 28.7 Å². The maximum atomic E-state index is 11.0. The van der Waals surface area contributed by atoms with Crippen LogP contribution in [-0.2, 0) is 9.84 Å². The van der Waals surface area contributed by atoms with Crippen molar-refractivity contribution < 1.29 is 17.9 Å². The summed E-state index contributed by atoms with van der Waals surface area (Å²) in [6.07, 6.45) is 1.25. The van der Waals surface area contributed by atoms with E-state index in [0.29, 0.717) is 19.8 Å². The van der Waals surface area contributed by atoms with Gasteiger partial charge in [0.1, 0.15) is 23.1 Å². The van der Waals surface area contributed by atoms with Crippen molar-refractivity contribution in [2.45, 2.75) is 4.90 Å². The molecule has 0 aliphatic carbocycles. The first-order valence-electron chi connectivity index (χ1n) is 6.45. The maximum absolute atomic E-state index is 11.0. The first kappa shape index (κ1) is 15.5. The SMILES string of the molecule is CS(=O)(=O)CCNCCSc1ccc2c(c1)OCCO2. The van der Waals surface area contributed by atoms with Crippen LogP contribution in [0.1, 0.15) is 0 Å². The van der Waals surface area contributed by atoms with E-state index in [4.69, 9.17) is 9.47 Å². The van der Waals surface area contributed by atoms with Crippen LogP contribution in [0.2, 0.25) is 0 Å². The van der Waals surface area contributed by atoms with Gasteiger partial charge in [-0.2, -0.15) is 0 Å². The lowest BCUT2D eigenvalue weighted by Crippen LogP contribution is -2.24. The number of thioether (sulfide) groups is 1. The van der Waals surface area contributed by atoms with Crippen molar-refractivity contribution >= 4 is 21.6 Å². The van der Waals surface area contributed by atoms with Crippen molar-refractivity contribution in [1.82, 2.24) is 5.32 Å². The number of fused-ring (bicyclic) bond motifs is 1. The molecule has 0 aromatic heterocycles. The highest BCUT2D eigenvalue weighted by Gasteiger charge is 2.11. The van der Waals surface area contributed by atoms with Gasteiger partial charge in [0.15, 0.2) is 11.5 Å². The quantitative estimate of drug-likeness (QED) is 0.602. The Morgan fingerprint density at radius 1 is 1.20 bits per heavy atom. The van der Waals surface area contributed by atoms with Gasteiger partial charge in [0.2, 0.25) is 0 Å². The predicted octanol–water partition coefficient (Wildman–Crippen LogP) is 1.18. The van der Waals surface area contributed by atoms with Crippen LogP contribution in [0.25, 0.3) is 0 Å². The van der Waals surface area contributed by atoms with Crippen molar-refractivity contribution in [2.24, 2.45) is 0 Å².